The molecular weight excluding hydrogens is 492 g/mol. The molecule has 0 aliphatic heterocycles. The van der Waals surface area contributed by atoms with Crippen LogP contribution < -0.4 is 10.1 Å². The summed E-state index contributed by atoms with van der Waals surface area (Å²) in [4.78, 5) is 27.6. The molecule has 1 aliphatic rings. The zero-order valence-corrected chi connectivity index (χ0v) is 22.9. The van der Waals surface area contributed by atoms with E-state index in [0.29, 0.717) is 24.4 Å². The van der Waals surface area contributed by atoms with Gasteiger partial charge in [0.05, 0.1) is 5.56 Å². The number of aromatic hydroxyl groups is 2. The molecule has 1 saturated carbocycles. The molecule has 0 spiro atoms. The fourth-order valence-corrected chi connectivity index (χ4v) is 5.17. The molecule has 3 N–H and O–H groups in total. The van der Waals surface area contributed by atoms with Gasteiger partial charge < -0.3 is 25.2 Å². The van der Waals surface area contributed by atoms with Crippen molar-refractivity contribution < 1.29 is 24.5 Å². The molecule has 3 aromatic carbocycles. The number of carbonyl (C=O) groups is 2. The third-order valence-electron chi connectivity index (χ3n) is 7.40. The number of amides is 1. The molecule has 1 fully saturated rings. The minimum atomic E-state index is -0.371. The Kier molecular flexibility index (Phi) is 9.25. The van der Waals surface area contributed by atoms with Crippen molar-refractivity contribution in [1.29, 1.82) is 0 Å². The van der Waals surface area contributed by atoms with Gasteiger partial charge in [-0.05, 0) is 59.6 Å². The summed E-state index contributed by atoms with van der Waals surface area (Å²) >= 11 is 0. The lowest BCUT2D eigenvalue weighted by Gasteiger charge is -2.23. The van der Waals surface area contributed by atoms with E-state index in [4.69, 9.17) is 4.74 Å². The second kappa shape index (κ2) is 12.8. The zero-order chi connectivity index (χ0) is 27.9. The fourth-order valence-electron chi connectivity index (χ4n) is 5.17. The third kappa shape index (κ3) is 7.18. The molecule has 7 nitrogen and oxygen atoms in total. The fraction of sp³-hybridized carbons (Fsp3) is 0.375. The summed E-state index contributed by atoms with van der Waals surface area (Å²) in [5, 5.41) is 23.8. The summed E-state index contributed by atoms with van der Waals surface area (Å²) in [6, 6.07) is 19.5. The van der Waals surface area contributed by atoms with Crippen LogP contribution in [-0.2, 0) is 17.9 Å². The van der Waals surface area contributed by atoms with Crippen LogP contribution in [0.15, 0.2) is 66.7 Å². The van der Waals surface area contributed by atoms with Crippen molar-refractivity contribution in [2.45, 2.75) is 64.6 Å². The number of hydrogen-bond acceptors (Lipinski definition) is 6. The number of rotatable bonds is 10. The van der Waals surface area contributed by atoms with E-state index in [0.717, 1.165) is 36.8 Å². The van der Waals surface area contributed by atoms with Crippen molar-refractivity contribution in [3.8, 4) is 17.2 Å². The molecule has 3 aromatic rings. The molecule has 0 aromatic heterocycles. The van der Waals surface area contributed by atoms with E-state index in [1.54, 1.807) is 30.1 Å². The highest BCUT2D eigenvalue weighted by molar-refractivity contribution is 5.97. The molecule has 1 atom stereocenters. The quantitative estimate of drug-likeness (QED) is 0.228. The smallest absolute Gasteiger partial charge is 0.328 e. The Hall–Kier alpha value is -3.84. The summed E-state index contributed by atoms with van der Waals surface area (Å²) in [5.41, 5.74) is 2.75. The number of benzene rings is 3. The molecular formula is C32H38N2O5. The van der Waals surface area contributed by atoms with Crippen molar-refractivity contribution >= 4 is 11.9 Å². The molecule has 1 amide bonds. The van der Waals surface area contributed by atoms with Crippen LogP contribution in [0.5, 0.6) is 17.2 Å². The van der Waals surface area contributed by atoms with E-state index in [1.807, 2.05) is 56.3 Å². The minimum Gasteiger partial charge on any atom is -0.508 e. The topological polar surface area (TPSA) is 99.1 Å². The summed E-state index contributed by atoms with van der Waals surface area (Å²) in [7, 11) is 1.68. The maximum atomic E-state index is 13.1. The predicted molar refractivity (Wildman–Crippen MR) is 151 cm³/mol. The molecule has 0 radical (unpaired) electrons. The average Bonchev–Trinajstić information content (AvgIpc) is 3.44. The highest BCUT2D eigenvalue weighted by Crippen LogP contribution is 2.33. The van der Waals surface area contributed by atoms with Gasteiger partial charge in [0.15, 0.2) is 0 Å². The zero-order valence-electron chi connectivity index (χ0n) is 22.9. The summed E-state index contributed by atoms with van der Waals surface area (Å²) in [6.45, 7) is 4.72. The molecule has 206 valence electrons. The number of esters is 1. The van der Waals surface area contributed by atoms with E-state index in [9.17, 15) is 19.8 Å². The normalized spacial score (nSPS) is 14.4. The van der Waals surface area contributed by atoms with Crippen LogP contribution in [0.2, 0.25) is 0 Å². The van der Waals surface area contributed by atoms with E-state index >= 15 is 0 Å². The number of para-hydroxylation sites is 1. The molecule has 39 heavy (non-hydrogen) atoms. The highest BCUT2D eigenvalue weighted by atomic mass is 16.5. The second-order valence-electron chi connectivity index (χ2n) is 10.7. The van der Waals surface area contributed by atoms with Gasteiger partial charge in [-0.15, -0.1) is 0 Å². The standard InChI is InChI=1S/C32H38N2O5/c1-21(2)26-17-27(29(36)18-28(26)35)31(37)34(3)20-23-15-13-22(14-16-23)19-33-30(24-9-7-8-10-24)32(38)39-25-11-5-4-6-12-25/h4-6,11-18,21,24,30,33,35-36H,7-10,19-20H2,1-3H3/t30-/m0/s1. The van der Waals surface area contributed by atoms with E-state index < -0.39 is 0 Å². The Morgan fingerprint density at radius 3 is 2.23 bits per heavy atom. The maximum Gasteiger partial charge on any atom is 0.328 e. The molecule has 0 bridgehead atoms. The number of hydrogen-bond donors (Lipinski definition) is 3. The van der Waals surface area contributed by atoms with Crippen LogP contribution in [0.25, 0.3) is 0 Å². The first-order valence-electron chi connectivity index (χ1n) is 13.6. The molecule has 4 rings (SSSR count). The lowest BCUT2D eigenvalue weighted by molar-refractivity contribution is -0.138. The van der Waals surface area contributed by atoms with Gasteiger partial charge in [0.2, 0.25) is 0 Å². The lowest BCUT2D eigenvalue weighted by Crippen LogP contribution is -2.44. The van der Waals surface area contributed by atoms with Crippen LogP contribution in [0.1, 0.15) is 72.5 Å². The molecule has 1 aliphatic carbocycles. The van der Waals surface area contributed by atoms with E-state index in [-0.39, 0.29) is 46.8 Å². The molecule has 0 unspecified atom stereocenters. The van der Waals surface area contributed by atoms with Crippen LogP contribution in [0.4, 0.5) is 0 Å². The first kappa shape index (κ1) is 28.2. The molecule has 7 heteroatoms. The van der Waals surface area contributed by atoms with Gasteiger partial charge in [-0.1, -0.05) is 69.2 Å². The Bertz CT molecular complexity index is 1270. The van der Waals surface area contributed by atoms with Gasteiger partial charge in [-0.2, -0.15) is 0 Å². The van der Waals surface area contributed by atoms with Gasteiger partial charge in [0, 0.05) is 26.2 Å². The predicted octanol–water partition coefficient (Wildman–Crippen LogP) is 5.75. The Morgan fingerprint density at radius 2 is 1.59 bits per heavy atom. The highest BCUT2D eigenvalue weighted by Gasteiger charge is 2.32. The van der Waals surface area contributed by atoms with Gasteiger partial charge in [-0.3, -0.25) is 4.79 Å². The third-order valence-corrected chi connectivity index (χ3v) is 7.40. The number of phenolic OH excluding ortho intramolecular Hbond substituents is 2. The monoisotopic (exact) mass is 530 g/mol. The van der Waals surface area contributed by atoms with Crippen LogP contribution in [0.3, 0.4) is 0 Å². The van der Waals surface area contributed by atoms with Crippen molar-refractivity contribution in [2.24, 2.45) is 5.92 Å². The van der Waals surface area contributed by atoms with Crippen molar-refractivity contribution in [1.82, 2.24) is 10.2 Å². The number of ether oxygens (including phenoxy) is 1. The summed E-state index contributed by atoms with van der Waals surface area (Å²) in [6.07, 6.45) is 4.28. The van der Waals surface area contributed by atoms with Gasteiger partial charge in [0.25, 0.3) is 5.91 Å². The maximum absolute atomic E-state index is 13.1. The van der Waals surface area contributed by atoms with Gasteiger partial charge in [0.1, 0.15) is 23.3 Å². The van der Waals surface area contributed by atoms with Crippen LogP contribution >= 0.6 is 0 Å². The SMILES string of the molecule is CC(C)c1cc(C(=O)N(C)Cc2ccc(CN[C@H](C(=O)Oc3ccccc3)C3CCCC3)cc2)c(O)cc1O. The Morgan fingerprint density at radius 1 is 0.949 bits per heavy atom. The van der Waals surface area contributed by atoms with E-state index in [1.165, 1.54) is 6.07 Å². The number of carbonyl (C=O) groups excluding carboxylic acids is 2. The van der Waals surface area contributed by atoms with Crippen molar-refractivity contribution in [3.63, 3.8) is 0 Å². The first-order valence-corrected chi connectivity index (χ1v) is 13.6. The Balaban J connectivity index is 1.37. The van der Waals surface area contributed by atoms with Crippen molar-refractivity contribution in [3.05, 3.63) is 89.0 Å². The van der Waals surface area contributed by atoms with Crippen LogP contribution in [0, 0.1) is 5.92 Å². The summed E-state index contributed by atoms with van der Waals surface area (Å²) < 4.78 is 5.66. The van der Waals surface area contributed by atoms with Gasteiger partial charge in [-0.25, -0.2) is 4.79 Å². The van der Waals surface area contributed by atoms with Crippen LogP contribution in [-0.4, -0.2) is 40.1 Å². The summed E-state index contributed by atoms with van der Waals surface area (Å²) in [5.74, 6) is -0.00673. The van der Waals surface area contributed by atoms with E-state index in [2.05, 4.69) is 5.32 Å². The van der Waals surface area contributed by atoms with Crippen molar-refractivity contribution in [2.75, 3.05) is 7.05 Å². The molecule has 0 heterocycles. The number of nitrogens with one attached hydrogen (secondary N) is 1. The first-order chi connectivity index (χ1) is 18.7. The minimum absolute atomic E-state index is 0.0112. The second-order valence-corrected chi connectivity index (χ2v) is 10.7. The number of phenols is 2. The lowest BCUT2D eigenvalue weighted by atomic mass is 9.97. The molecule has 0 saturated heterocycles. The average molecular weight is 531 g/mol. The Labute approximate surface area is 230 Å². The largest absolute Gasteiger partial charge is 0.508 e. The number of nitrogens with zero attached hydrogens (tertiary/aromatic N) is 1. The van der Waals surface area contributed by atoms with Gasteiger partial charge >= 0.3 is 5.97 Å².